The average Bonchev–Trinajstić information content (AvgIpc) is 2.62. The molecular formula is C13H29N3. The van der Waals surface area contributed by atoms with Gasteiger partial charge in [0.25, 0.3) is 0 Å². The van der Waals surface area contributed by atoms with E-state index in [1.807, 2.05) is 0 Å². The molecular weight excluding hydrogens is 198 g/mol. The van der Waals surface area contributed by atoms with E-state index < -0.39 is 0 Å². The topological polar surface area (TPSA) is 32.5 Å². The second kappa shape index (κ2) is 7.25. The molecule has 2 N–H and O–H groups in total. The van der Waals surface area contributed by atoms with E-state index in [-0.39, 0.29) is 0 Å². The molecule has 3 heteroatoms. The normalized spacial score (nSPS) is 25.9. The Morgan fingerprint density at radius 2 is 1.94 bits per heavy atom. The highest BCUT2D eigenvalue weighted by Crippen LogP contribution is 2.24. The second-order valence-corrected chi connectivity index (χ2v) is 5.40. The van der Waals surface area contributed by atoms with E-state index in [2.05, 4.69) is 30.8 Å². The van der Waals surface area contributed by atoms with Crippen LogP contribution < -0.4 is 5.73 Å². The standard InChI is InChI=1S/C13H29N3/c1-4-16(10-6-9-15(2)3)11-12-7-5-8-13(12)14/h12-13H,4-11,14H2,1-3H3. The lowest BCUT2D eigenvalue weighted by atomic mass is 10.0. The van der Waals surface area contributed by atoms with Gasteiger partial charge in [-0.05, 0) is 58.9 Å². The van der Waals surface area contributed by atoms with Crippen LogP contribution >= 0.6 is 0 Å². The lowest BCUT2D eigenvalue weighted by Crippen LogP contribution is -2.37. The molecule has 1 fully saturated rings. The summed E-state index contributed by atoms with van der Waals surface area (Å²) in [7, 11) is 4.28. The molecule has 16 heavy (non-hydrogen) atoms. The van der Waals surface area contributed by atoms with Gasteiger partial charge in [-0.2, -0.15) is 0 Å². The summed E-state index contributed by atoms with van der Waals surface area (Å²) in [6.45, 7) is 7.04. The van der Waals surface area contributed by atoms with Gasteiger partial charge in [0.15, 0.2) is 0 Å². The minimum Gasteiger partial charge on any atom is -0.327 e. The summed E-state index contributed by atoms with van der Waals surface area (Å²) in [5, 5.41) is 0. The molecule has 96 valence electrons. The van der Waals surface area contributed by atoms with E-state index >= 15 is 0 Å². The molecule has 0 heterocycles. The van der Waals surface area contributed by atoms with E-state index in [0.29, 0.717) is 6.04 Å². The monoisotopic (exact) mass is 227 g/mol. The fraction of sp³-hybridized carbons (Fsp3) is 1.00. The smallest absolute Gasteiger partial charge is 0.00793 e. The molecule has 0 saturated heterocycles. The molecule has 1 aliphatic rings. The summed E-state index contributed by atoms with van der Waals surface area (Å²) in [6.07, 6.45) is 5.18. The van der Waals surface area contributed by atoms with Gasteiger partial charge in [-0.1, -0.05) is 13.3 Å². The summed E-state index contributed by atoms with van der Waals surface area (Å²) >= 11 is 0. The van der Waals surface area contributed by atoms with E-state index in [0.717, 1.165) is 12.5 Å². The van der Waals surface area contributed by atoms with Crippen molar-refractivity contribution in [2.45, 2.75) is 38.6 Å². The lowest BCUT2D eigenvalue weighted by Gasteiger charge is -2.26. The highest BCUT2D eigenvalue weighted by molar-refractivity contribution is 4.82. The number of hydrogen-bond donors (Lipinski definition) is 1. The molecule has 0 spiro atoms. The third-order valence-electron chi connectivity index (χ3n) is 3.74. The molecule has 0 aromatic rings. The van der Waals surface area contributed by atoms with Crippen LogP contribution in [0.4, 0.5) is 0 Å². The third kappa shape index (κ3) is 4.81. The van der Waals surface area contributed by atoms with Gasteiger partial charge in [0, 0.05) is 12.6 Å². The third-order valence-corrected chi connectivity index (χ3v) is 3.74. The first-order chi connectivity index (χ1) is 7.63. The molecule has 1 rings (SSSR count). The van der Waals surface area contributed by atoms with Crippen molar-refractivity contribution in [2.24, 2.45) is 11.7 Å². The van der Waals surface area contributed by atoms with Crippen molar-refractivity contribution in [1.82, 2.24) is 9.80 Å². The zero-order valence-corrected chi connectivity index (χ0v) is 11.3. The number of nitrogens with zero attached hydrogens (tertiary/aromatic N) is 2. The van der Waals surface area contributed by atoms with Crippen LogP contribution in [0.25, 0.3) is 0 Å². The summed E-state index contributed by atoms with van der Waals surface area (Å²) in [5.74, 6) is 0.749. The minimum atomic E-state index is 0.461. The van der Waals surface area contributed by atoms with Crippen LogP contribution in [0.3, 0.4) is 0 Å². The van der Waals surface area contributed by atoms with E-state index in [9.17, 15) is 0 Å². The van der Waals surface area contributed by atoms with Crippen molar-refractivity contribution in [1.29, 1.82) is 0 Å². The lowest BCUT2D eigenvalue weighted by molar-refractivity contribution is 0.221. The predicted octanol–water partition coefficient (Wildman–Crippen LogP) is 1.39. The van der Waals surface area contributed by atoms with Crippen molar-refractivity contribution in [3.8, 4) is 0 Å². The molecule has 0 aromatic heterocycles. The molecule has 0 aliphatic heterocycles. The number of hydrogen-bond acceptors (Lipinski definition) is 3. The SMILES string of the molecule is CCN(CCCN(C)C)CC1CCCC1N. The molecule has 2 atom stereocenters. The molecule has 0 aromatic carbocycles. The fourth-order valence-corrected chi connectivity index (χ4v) is 2.61. The molecule has 0 bridgehead atoms. The Morgan fingerprint density at radius 1 is 1.19 bits per heavy atom. The van der Waals surface area contributed by atoms with Crippen LogP contribution in [-0.4, -0.2) is 56.1 Å². The minimum absolute atomic E-state index is 0.461. The Morgan fingerprint density at radius 3 is 2.44 bits per heavy atom. The first-order valence-corrected chi connectivity index (χ1v) is 6.76. The maximum Gasteiger partial charge on any atom is 0.00793 e. The summed E-state index contributed by atoms with van der Waals surface area (Å²) in [5.41, 5.74) is 6.12. The van der Waals surface area contributed by atoms with Gasteiger partial charge in [-0.3, -0.25) is 0 Å². The summed E-state index contributed by atoms with van der Waals surface area (Å²) < 4.78 is 0. The Bertz CT molecular complexity index is 182. The van der Waals surface area contributed by atoms with Crippen molar-refractivity contribution in [3.63, 3.8) is 0 Å². The van der Waals surface area contributed by atoms with Crippen LogP contribution in [0.15, 0.2) is 0 Å². The first kappa shape index (κ1) is 13.9. The van der Waals surface area contributed by atoms with Crippen molar-refractivity contribution in [2.75, 3.05) is 40.3 Å². The van der Waals surface area contributed by atoms with Gasteiger partial charge >= 0.3 is 0 Å². The Balaban J connectivity index is 2.20. The highest BCUT2D eigenvalue weighted by Gasteiger charge is 2.25. The van der Waals surface area contributed by atoms with Crippen LogP contribution in [0, 0.1) is 5.92 Å². The largest absolute Gasteiger partial charge is 0.327 e. The van der Waals surface area contributed by atoms with Gasteiger partial charge in [0.05, 0.1) is 0 Å². The molecule has 0 radical (unpaired) electrons. The maximum absolute atomic E-state index is 6.12. The average molecular weight is 227 g/mol. The Labute approximate surface area is 101 Å². The Kier molecular flexibility index (Phi) is 6.32. The highest BCUT2D eigenvalue weighted by atomic mass is 15.1. The van der Waals surface area contributed by atoms with E-state index in [1.54, 1.807) is 0 Å². The number of rotatable bonds is 7. The van der Waals surface area contributed by atoms with Crippen molar-refractivity contribution < 1.29 is 0 Å². The fourth-order valence-electron chi connectivity index (χ4n) is 2.61. The van der Waals surface area contributed by atoms with Crippen LogP contribution in [-0.2, 0) is 0 Å². The summed E-state index contributed by atoms with van der Waals surface area (Å²) in [6, 6.07) is 0.461. The number of nitrogens with two attached hydrogens (primary N) is 1. The van der Waals surface area contributed by atoms with Crippen LogP contribution in [0.1, 0.15) is 32.6 Å². The van der Waals surface area contributed by atoms with Gasteiger partial charge in [0.1, 0.15) is 0 Å². The maximum atomic E-state index is 6.12. The van der Waals surface area contributed by atoms with Crippen molar-refractivity contribution in [3.05, 3.63) is 0 Å². The van der Waals surface area contributed by atoms with Gasteiger partial charge in [0.2, 0.25) is 0 Å². The van der Waals surface area contributed by atoms with E-state index in [4.69, 9.17) is 5.73 Å². The zero-order chi connectivity index (χ0) is 12.0. The molecule has 0 amide bonds. The quantitative estimate of drug-likeness (QED) is 0.713. The molecule has 2 unspecified atom stereocenters. The molecule has 1 saturated carbocycles. The van der Waals surface area contributed by atoms with Gasteiger partial charge in [-0.15, -0.1) is 0 Å². The summed E-state index contributed by atoms with van der Waals surface area (Å²) in [4.78, 5) is 4.83. The van der Waals surface area contributed by atoms with Gasteiger partial charge in [-0.25, -0.2) is 0 Å². The van der Waals surface area contributed by atoms with Crippen LogP contribution in [0.5, 0.6) is 0 Å². The first-order valence-electron chi connectivity index (χ1n) is 6.76. The molecule has 1 aliphatic carbocycles. The van der Waals surface area contributed by atoms with Crippen LogP contribution in [0.2, 0.25) is 0 Å². The van der Waals surface area contributed by atoms with E-state index in [1.165, 1.54) is 45.3 Å². The Hall–Kier alpha value is -0.120. The van der Waals surface area contributed by atoms with Crippen molar-refractivity contribution >= 4 is 0 Å². The second-order valence-electron chi connectivity index (χ2n) is 5.40. The van der Waals surface area contributed by atoms with Gasteiger partial charge < -0.3 is 15.5 Å². The zero-order valence-electron chi connectivity index (χ0n) is 11.3. The molecule has 3 nitrogen and oxygen atoms in total. The predicted molar refractivity (Wildman–Crippen MR) is 70.6 cm³/mol.